The van der Waals surface area contributed by atoms with Crippen LogP contribution in [0.3, 0.4) is 0 Å². The van der Waals surface area contributed by atoms with Crippen LogP contribution in [0.2, 0.25) is 0 Å². The van der Waals surface area contributed by atoms with Gasteiger partial charge in [0, 0.05) is 31.6 Å². The minimum Gasteiger partial charge on any atom is -0.329 e. The Bertz CT molecular complexity index is 705. The molecule has 0 saturated heterocycles. The van der Waals surface area contributed by atoms with Gasteiger partial charge in [-0.05, 0) is 17.5 Å². The van der Waals surface area contributed by atoms with Gasteiger partial charge in [-0.2, -0.15) is 5.10 Å². The quantitative estimate of drug-likeness (QED) is 0.704. The van der Waals surface area contributed by atoms with Crippen molar-refractivity contribution in [3.05, 3.63) is 65.9 Å². The number of benzene rings is 2. The fraction of sp³-hybridized carbons (Fsp3) is 0.278. The maximum Gasteiger partial charge on any atom is 0.0695 e. The third-order valence-corrected chi connectivity index (χ3v) is 3.96. The van der Waals surface area contributed by atoms with E-state index in [0.29, 0.717) is 6.54 Å². The molecule has 4 nitrogen and oxygen atoms in total. The van der Waals surface area contributed by atoms with Crippen LogP contribution in [0.5, 0.6) is 0 Å². The smallest absolute Gasteiger partial charge is 0.0695 e. The van der Waals surface area contributed by atoms with Crippen molar-refractivity contribution < 1.29 is 0 Å². The van der Waals surface area contributed by atoms with Gasteiger partial charge in [0.2, 0.25) is 0 Å². The third kappa shape index (κ3) is 3.53. The van der Waals surface area contributed by atoms with Crippen LogP contribution in [-0.4, -0.2) is 34.7 Å². The number of hydrogen-bond acceptors (Lipinski definition) is 3. The summed E-state index contributed by atoms with van der Waals surface area (Å²) in [6.45, 7) is 3.47. The molecule has 0 spiro atoms. The molecule has 114 valence electrons. The van der Waals surface area contributed by atoms with Crippen LogP contribution in [0.15, 0.2) is 54.7 Å². The number of fused-ring (bicyclic) bond motifs is 1. The summed E-state index contributed by atoms with van der Waals surface area (Å²) in [6.07, 6.45) is 2.91. The van der Waals surface area contributed by atoms with Crippen LogP contribution in [0, 0.1) is 0 Å². The molecule has 0 aliphatic carbocycles. The van der Waals surface area contributed by atoms with Gasteiger partial charge in [-0.1, -0.05) is 48.5 Å². The van der Waals surface area contributed by atoms with Crippen LogP contribution in [0.1, 0.15) is 11.1 Å². The van der Waals surface area contributed by atoms with Gasteiger partial charge < -0.3 is 5.73 Å². The minimum absolute atomic E-state index is 0.674. The fourth-order valence-corrected chi connectivity index (χ4v) is 2.79. The Morgan fingerprint density at radius 1 is 1.00 bits per heavy atom. The van der Waals surface area contributed by atoms with E-state index in [4.69, 9.17) is 5.73 Å². The number of nitrogens with zero attached hydrogens (tertiary/aromatic N) is 2. The molecule has 1 heterocycles. The van der Waals surface area contributed by atoms with E-state index in [0.717, 1.165) is 37.0 Å². The largest absolute Gasteiger partial charge is 0.329 e. The minimum atomic E-state index is 0.674. The molecule has 0 amide bonds. The van der Waals surface area contributed by atoms with Crippen molar-refractivity contribution in [3.8, 4) is 0 Å². The lowest BCUT2D eigenvalue weighted by Crippen LogP contribution is -2.31. The highest BCUT2D eigenvalue weighted by Crippen LogP contribution is 2.17. The van der Waals surface area contributed by atoms with Gasteiger partial charge >= 0.3 is 0 Å². The average molecular weight is 294 g/mol. The van der Waals surface area contributed by atoms with Crippen LogP contribution in [-0.2, 0) is 13.0 Å². The van der Waals surface area contributed by atoms with Gasteiger partial charge in [0.05, 0.1) is 11.7 Å². The van der Waals surface area contributed by atoms with Gasteiger partial charge in [-0.3, -0.25) is 10.00 Å². The first-order chi connectivity index (χ1) is 10.9. The second-order valence-corrected chi connectivity index (χ2v) is 5.55. The lowest BCUT2D eigenvalue weighted by molar-refractivity contribution is 0.277. The number of para-hydroxylation sites is 1. The van der Waals surface area contributed by atoms with Crippen LogP contribution < -0.4 is 5.73 Å². The molecule has 2 aromatic carbocycles. The molecule has 0 unspecified atom stereocenters. The number of H-pyrrole nitrogens is 1. The zero-order chi connectivity index (χ0) is 15.2. The Kier molecular flexibility index (Phi) is 4.83. The van der Waals surface area contributed by atoms with Gasteiger partial charge in [-0.15, -0.1) is 0 Å². The summed E-state index contributed by atoms with van der Waals surface area (Å²) in [4.78, 5) is 2.41. The van der Waals surface area contributed by atoms with Crippen molar-refractivity contribution in [3.63, 3.8) is 0 Å². The summed E-state index contributed by atoms with van der Waals surface area (Å²) in [5, 5.41) is 8.40. The second kappa shape index (κ2) is 7.20. The molecule has 0 saturated carbocycles. The first-order valence-electron chi connectivity index (χ1n) is 7.74. The lowest BCUT2D eigenvalue weighted by atomic mass is 10.1. The summed E-state index contributed by atoms with van der Waals surface area (Å²) in [5.41, 5.74) is 9.55. The summed E-state index contributed by atoms with van der Waals surface area (Å²) >= 11 is 0. The van der Waals surface area contributed by atoms with Gasteiger partial charge in [-0.25, -0.2) is 0 Å². The third-order valence-electron chi connectivity index (χ3n) is 3.96. The molecule has 0 radical (unpaired) electrons. The maximum atomic E-state index is 5.78. The molecule has 1 aromatic heterocycles. The van der Waals surface area contributed by atoms with Crippen LogP contribution >= 0.6 is 0 Å². The highest BCUT2D eigenvalue weighted by atomic mass is 15.1. The van der Waals surface area contributed by atoms with Crippen molar-refractivity contribution in [1.82, 2.24) is 15.1 Å². The normalized spacial score (nSPS) is 11.4. The fourth-order valence-electron chi connectivity index (χ4n) is 2.79. The van der Waals surface area contributed by atoms with Gasteiger partial charge in [0.25, 0.3) is 0 Å². The molecule has 3 N–H and O–H groups in total. The molecular weight excluding hydrogens is 272 g/mol. The van der Waals surface area contributed by atoms with E-state index in [1.165, 1.54) is 11.1 Å². The highest BCUT2D eigenvalue weighted by Gasteiger charge is 2.09. The van der Waals surface area contributed by atoms with E-state index in [9.17, 15) is 0 Å². The molecule has 0 atom stereocenters. The van der Waals surface area contributed by atoms with Crippen molar-refractivity contribution in [1.29, 1.82) is 0 Å². The number of rotatable bonds is 7. The molecule has 0 aliphatic heterocycles. The number of hydrogen-bond donors (Lipinski definition) is 2. The molecule has 3 aromatic rings. The second-order valence-electron chi connectivity index (χ2n) is 5.55. The Morgan fingerprint density at radius 3 is 2.68 bits per heavy atom. The zero-order valence-electron chi connectivity index (χ0n) is 12.7. The van der Waals surface area contributed by atoms with Crippen molar-refractivity contribution in [2.45, 2.75) is 13.0 Å². The van der Waals surface area contributed by atoms with Crippen molar-refractivity contribution in [2.75, 3.05) is 19.6 Å². The van der Waals surface area contributed by atoms with E-state index in [-0.39, 0.29) is 0 Å². The summed E-state index contributed by atoms with van der Waals surface area (Å²) in [5.74, 6) is 0. The first kappa shape index (κ1) is 14.8. The molecule has 22 heavy (non-hydrogen) atoms. The Labute approximate surface area is 130 Å². The van der Waals surface area contributed by atoms with E-state index in [1.807, 2.05) is 6.20 Å². The highest BCUT2D eigenvalue weighted by molar-refractivity contribution is 5.81. The Hall–Kier alpha value is -2.17. The number of nitrogens with one attached hydrogen (secondary N) is 1. The molecule has 4 heteroatoms. The average Bonchev–Trinajstić information content (AvgIpc) is 3.03. The molecule has 0 fully saturated rings. The van der Waals surface area contributed by atoms with Gasteiger partial charge in [0.15, 0.2) is 0 Å². The Balaban J connectivity index is 1.70. The summed E-state index contributed by atoms with van der Waals surface area (Å²) < 4.78 is 0. The standard InChI is InChI=1S/C18H22N4/c19-10-12-22(11-9-15-5-2-1-3-6-15)14-17-8-4-7-16-13-20-21-18(16)17/h1-8,13H,9-12,14,19H2,(H,20,21). The van der Waals surface area contributed by atoms with Crippen molar-refractivity contribution >= 4 is 10.9 Å². The molecule has 0 aliphatic rings. The maximum absolute atomic E-state index is 5.78. The monoisotopic (exact) mass is 294 g/mol. The predicted octanol–water partition coefficient (Wildman–Crippen LogP) is 2.57. The molecular formula is C18H22N4. The van der Waals surface area contributed by atoms with Crippen LogP contribution in [0.25, 0.3) is 10.9 Å². The number of aromatic amines is 1. The molecule has 0 bridgehead atoms. The molecule has 3 rings (SSSR count). The predicted molar refractivity (Wildman–Crippen MR) is 90.6 cm³/mol. The Morgan fingerprint density at radius 2 is 1.86 bits per heavy atom. The zero-order valence-corrected chi connectivity index (χ0v) is 12.7. The van der Waals surface area contributed by atoms with E-state index >= 15 is 0 Å². The number of aromatic nitrogens is 2. The SMILES string of the molecule is NCCN(CCc1ccccc1)Cc1cccc2cn[nH]c12. The number of nitrogens with two attached hydrogens (primary N) is 1. The topological polar surface area (TPSA) is 57.9 Å². The summed E-state index contributed by atoms with van der Waals surface area (Å²) in [7, 11) is 0. The lowest BCUT2D eigenvalue weighted by Gasteiger charge is -2.22. The van der Waals surface area contributed by atoms with Gasteiger partial charge in [0.1, 0.15) is 0 Å². The van der Waals surface area contributed by atoms with E-state index in [2.05, 4.69) is 63.6 Å². The first-order valence-corrected chi connectivity index (χ1v) is 7.74. The van der Waals surface area contributed by atoms with Crippen molar-refractivity contribution in [2.24, 2.45) is 5.73 Å². The van der Waals surface area contributed by atoms with Crippen LogP contribution in [0.4, 0.5) is 0 Å². The summed E-state index contributed by atoms with van der Waals surface area (Å²) in [6, 6.07) is 16.9. The van der Waals surface area contributed by atoms with E-state index in [1.54, 1.807) is 0 Å². The van der Waals surface area contributed by atoms with E-state index < -0.39 is 0 Å².